The van der Waals surface area contributed by atoms with Crippen molar-refractivity contribution in [3.63, 3.8) is 0 Å². The second-order valence-electron chi connectivity index (χ2n) is 3.82. The molecule has 1 aliphatic heterocycles. The van der Waals surface area contributed by atoms with E-state index in [1.54, 1.807) is 0 Å². The van der Waals surface area contributed by atoms with Crippen LogP contribution in [0.2, 0.25) is 0 Å². The molecule has 1 aliphatic rings. The molecule has 16 heavy (non-hydrogen) atoms. The van der Waals surface area contributed by atoms with E-state index in [4.69, 9.17) is 10.8 Å². The number of hydrogen-bond acceptors (Lipinski definition) is 5. The van der Waals surface area contributed by atoms with Gasteiger partial charge >= 0.3 is 5.97 Å². The van der Waals surface area contributed by atoms with Crippen LogP contribution in [0.5, 0.6) is 0 Å². The molecule has 0 radical (unpaired) electrons. The fourth-order valence-electron chi connectivity index (χ4n) is 1.75. The molecular formula is C8H14N2O5S. The predicted octanol–water partition coefficient (Wildman–Crippen LogP) is -1.95. The van der Waals surface area contributed by atoms with Crippen molar-refractivity contribution in [1.82, 2.24) is 4.90 Å². The minimum Gasteiger partial charge on any atom is -0.480 e. The lowest BCUT2D eigenvalue weighted by molar-refractivity contribution is -0.139. The molecule has 1 fully saturated rings. The van der Waals surface area contributed by atoms with E-state index < -0.39 is 27.8 Å². The molecule has 0 aromatic rings. The predicted molar refractivity (Wildman–Crippen MR) is 55.5 cm³/mol. The molecule has 0 aromatic carbocycles. The van der Waals surface area contributed by atoms with Crippen LogP contribution in [-0.2, 0) is 19.4 Å². The van der Waals surface area contributed by atoms with Crippen LogP contribution in [0.15, 0.2) is 0 Å². The smallest absolute Gasteiger partial charge is 0.317 e. The maximum Gasteiger partial charge on any atom is 0.317 e. The molecule has 0 aromatic heterocycles. The Morgan fingerprint density at radius 3 is 2.38 bits per heavy atom. The van der Waals surface area contributed by atoms with Crippen LogP contribution in [0, 0.1) is 0 Å². The number of primary amides is 1. The number of nitrogens with zero attached hydrogens (tertiary/aromatic N) is 1. The highest BCUT2D eigenvalue weighted by atomic mass is 32.2. The third kappa shape index (κ3) is 3.78. The Morgan fingerprint density at radius 2 is 2.00 bits per heavy atom. The number of nitrogens with two attached hydrogens (primary N) is 1. The maximum atomic E-state index is 11.2. The zero-order valence-electron chi connectivity index (χ0n) is 8.63. The molecule has 3 N–H and O–H groups in total. The first-order chi connectivity index (χ1) is 7.30. The van der Waals surface area contributed by atoms with E-state index >= 15 is 0 Å². The minimum atomic E-state index is -3.10. The highest BCUT2D eigenvalue weighted by Gasteiger charge is 2.33. The lowest BCUT2D eigenvalue weighted by Crippen LogP contribution is -2.44. The largest absolute Gasteiger partial charge is 0.480 e. The number of aliphatic carboxylic acids is 1. The molecule has 0 aliphatic carbocycles. The standard InChI is InChI=1S/C8H14N2O5S/c9-7(11)3-10(4-8(12)13)6-1-2-16(14,15)5-6/h6H,1-5H2,(H2,9,11)(H,12,13). The average Bonchev–Trinajstić information content (AvgIpc) is 2.43. The summed E-state index contributed by atoms with van der Waals surface area (Å²) in [7, 11) is -3.10. The van der Waals surface area contributed by atoms with Gasteiger partial charge in [0.15, 0.2) is 9.84 Å². The van der Waals surface area contributed by atoms with Crippen molar-refractivity contribution in [2.75, 3.05) is 24.6 Å². The first-order valence-corrected chi connectivity index (χ1v) is 6.57. The number of carboxylic acid groups (broad SMARTS) is 1. The summed E-state index contributed by atoms with van der Waals surface area (Å²) in [5.41, 5.74) is 4.98. The van der Waals surface area contributed by atoms with Crippen LogP contribution in [0.3, 0.4) is 0 Å². The van der Waals surface area contributed by atoms with Gasteiger partial charge in [0.05, 0.1) is 24.6 Å². The quantitative estimate of drug-likeness (QED) is 0.585. The molecule has 1 heterocycles. The van der Waals surface area contributed by atoms with Gasteiger partial charge in [0.2, 0.25) is 5.91 Å². The summed E-state index contributed by atoms with van der Waals surface area (Å²) in [6.07, 6.45) is 0.350. The molecule has 7 nitrogen and oxygen atoms in total. The van der Waals surface area contributed by atoms with Crippen molar-refractivity contribution < 1.29 is 23.1 Å². The van der Waals surface area contributed by atoms with Crippen molar-refractivity contribution >= 4 is 21.7 Å². The highest BCUT2D eigenvalue weighted by molar-refractivity contribution is 7.91. The van der Waals surface area contributed by atoms with Crippen molar-refractivity contribution in [3.8, 4) is 0 Å². The SMILES string of the molecule is NC(=O)CN(CC(=O)O)C1CCS(=O)(=O)C1. The average molecular weight is 250 g/mol. The van der Waals surface area contributed by atoms with E-state index in [1.807, 2.05) is 0 Å². The van der Waals surface area contributed by atoms with Gasteiger partial charge in [0, 0.05) is 6.04 Å². The van der Waals surface area contributed by atoms with Gasteiger partial charge < -0.3 is 10.8 Å². The molecule has 0 saturated carbocycles. The Bertz CT molecular complexity index is 375. The number of rotatable bonds is 5. The molecule has 1 saturated heterocycles. The van der Waals surface area contributed by atoms with Crippen LogP contribution in [0.25, 0.3) is 0 Å². The summed E-state index contributed by atoms with van der Waals surface area (Å²) in [5.74, 6) is -1.84. The zero-order valence-corrected chi connectivity index (χ0v) is 9.44. The fourth-order valence-corrected chi connectivity index (χ4v) is 3.51. The molecule has 92 valence electrons. The van der Waals surface area contributed by atoms with Crippen molar-refractivity contribution in [2.45, 2.75) is 12.5 Å². The molecule has 1 atom stereocenters. The Labute approximate surface area is 93.1 Å². The highest BCUT2D eigenvalue weighted by Crippen LogP contribution is 2.17. The van der Waals surface area contributed by atoms with Crippen LogP contribution in [0.1, 0.15) is 6.42 Å². The van der Waals surface area contributed by atoms with E-state index in [1.165, 1.54) is 4.90 Å². The number of carbonyl (C=O) groups excluding carboxylic acids is 1. The molecule has 1 amide bonds. The summed E-state index contributed by atoms with van der Waals surface area (Å²) in [6, 6.07) is -0.423. The Morgan fingerprint density at radius 1 is 1.38 bits per heavy atom. The van der Waals surface area contributed by atoms with Gasteiger partial charge in [-0.1, -0.05) is 0 Å². The summed E-state index contributed by atoms with van der Waals surface area (Å²) < 4.78 is 22.5. The number of carbonyl (C=O) groups is 2. The maximum absolute atomic E-state index is 11.2. The third-order valence-electron chi connectivity index (χ3n) is 2.42. The molecular weight excluding hydrogens is 236 g/mol. The van der Waals surface area contributed by atoms with Gasteiger partial charge in [-0.2, -0.15) is 0 Å². The van der Waals surface area contributed by atoms with Gasteiger partial charge in [-0.05, 0) is 6.42 Å². The summed E-state index contributed by atoms with van der Waals surface area (Å²) in [6.45, 7) is -0.602. The third-order valence-corrected chi connectivity index (χ3v) is 4.17. The van der Waals surface area contributed by atoms with Gasteiger partial charge in [-0.3, -0.25) is 14.5 Å². The number of sulfone groups is 1. The number of amides is 1. The first kappa shape index (κ1) is 12.9. The Kier molecular flexibility index (Phi) is 3.87. The Hall–Kier alpha value is -1.15. The molecule has 8 heteroatoms. The lowest BCUT2D eigenvalue weighted by atomic mass is 10.2. The summed E-state index contributed by atoms with van der Waals surface area (Å²) in [5, 5.41) is 8.64. The number of carboxylic acids is 1. The van der Waals surface area contributed by atoms with Crippen molar-refractivity contribution in [1.29, 1.82) is 0 Å². The fraction of sp³-hybridized carbons (Fsp3) is 0.750. The minimum absolute atomic E-state index is 0.0343. The zero-order chi connectivity index (χ0) is 12.3. The van der Waals surface area contributed by atoms with Crippen molar-refractivity contribution in [3.05, 3.63) is 0 Å². The van der Waals surface area contributed by atoms with Crippen LogP contribution in [0.4, 0.5) is 0 Å². The van der Waals surface area contributed by atoms with E-state index in [0.29, 0.717) is 6.42 Å². The lowest BCUT2D eigenvalue weighted by Gasteiger charge is -2.24. The van der Waals surface area contributed by atoms with Gasteiger partial charge in [0.1, 0.15) is 0 Å². The van der Waals surface area contributed by atoms with E-state index in [-0.39, 0.29) is 24.6 Å². The molecule has 0 bridgehead atoms. The van der Waals surface area contributed by atoms with Gasteiger partial charge in [-0.15, -0.1) is 0 Å². The molecule has 1 rings (SSSR count). The topological polar surface area (TPSA) is 118 Å². The van der Waals surface area contributed by atoms with Crippen LogP contribution >= 0.6 is 0 Å². The second kappa shape index (κ2) is 4.79. The first-order valence-electron chi connectivity index (χ1n) is 4.75. The Balaban J connectivity index is 2.69. The second-order valence-corrected chi connectivity index (χ2v) is 6.05. The van der Waals surface area contributed by atoms with Gasteiger partial charge in [-0.25, -0.2) is 8.42 Å². The van der Waals surface area contributed by atoms with Crippen LogP contribution < -0.4 is 5.73 Å². The molecule has 0 spiro atoms. The van der Waals surface area contributed by atoms with E-state index in [9.17, 15) is 18.0 Å². The molecule has 1 unspecified atom stereocenters. The van der Waals surface area contributed by atoms with Crippen LogP contribution in [-0.4, -0.2) is 60.9 Å². The number of hydrogen-bond donors (Lipinski definition) is 2. The van der Waals surface area contributed by atoms with Crippen molar-refractivity contribution in [2.24, 2.45) is 5.73 Å². The van der Waals surface area contributed by atoms with Gasteiger partial charge in [0.25, 0.3) is 0 Å². The van der Waals surface area contributed by atoms with E-state index in [2.05, 4.69) is 0 Å². The monoisotopic (exact) mass is 250 g/mol. The summed E-state index contributed by atoms with van der Waals surface area (Å²) >= 11 is 0. The summed E-state index contributed by atoms with van der Waals surface area (Å²) in [4.78, 5) is 22.6. The van der Waals surface area contributed by atoms with E-state index in [0.717, 1.165) is 0 Å². The normalized spacial score (nSPS) is 23.4.